The van der Waals surface area contributed by atoms with E-state index in [1.54, 1.807) is 38.3 Å². The van der Waals surface area contributed by atoms with Crippen LogP contribution in [-0.2, 0) is 4.79 Å². The number of anilines is 1. The Hall–Kier alpha value is -3.87. The Bertz CT molecular complexity index is 1020. The van der Waals surface area contributed by atoms with Gasteiger partial charge in [-0.15, -0.1) is 0 Å². The van der Waals surface area contributed by atoms with Crippen molar-refractivity contribution >= 4 is 23.2 Å². The molecule has 3 rings (SSSR count). The van der Waals surface area contributed by atoms with Gasteiger partial charge in [0.15, 0.2) is 0 Å². The number of hydrogen-bond acceptors (Lipinski definition) is 4. The van der Waals surface area contributed by atoms with Gasteiger partial charge in [-0.3, -0.25) is 9.59 Å². The Kier molecular flexibility index (Phi) is 7.00. The van der Waals surface area contributed by atoms with E-state index in [1.807, 2.05) is 53.4 Å². The smallest absolute Gasteiger partial charge is 0.271 e. The van der Waals surface area contributed by atoms with Crippen LogP contribution in [-0.4, -0.2) is 29.2 Å². The lowest BCUT2D eigenvalue weighted by Crippen LogP contribution is -2.20. The summed E-state index contributed by atoms with van der Waals surface area (Å²) < 4.78 is 7.18. The summed E-state index contributed by atoms with van der Waals surface area (Å²) in [6, 6.07) is 18.3. The second-order valence-corrected chi connectivity index (χ2v) is 6.67. The van der Waals surface area contributed by atoms with E-state index in [0.29, 0.717) is 29.1 Å². The van der Waals surface area contributed by atoms with Crippen LogP contribution in [0.1, 0.15) is 30.1 Å². The van der Waals surface area contributed by atoms with E-state index in [0.717, 1.165) is 5.69 Å². The lowest BCUT2D eigenvalue weighted by Gasteiger charge is -2.09. The number of rotatable bonds is 8. The SMILES string of the molecule is COc1ccccc1NC(=O)CC/C(C)=N/NC(=O)c1ccc(-n2cccc2)cc1. The van der Waals surface area contributed by atoms with Crippen LogP contribution < -0.4 is 15.5 Å². The molecule has 0 saturated carbocycles. The molecule has 2 aromatic carbocycles. The molecule has 154 valence electrons. The molecule has 3 aromatic rings. The minimum absolute atomic E-state index is 0.152. The molecule has 30 heavy (non-hydrogen) atoms. The van der Waals surface area contributed by atoms with Crippen LogP contribution in [0.15, 0.2) is 78.2 Å². The summed E-state index contributed by atoms with van der Waals surface area (Å²) in [5.74, 6) is 0.152. The highest BCUT2D eigenvalue weighted by atomic mass is 16.5. The molecule has 1 heterocycles. The first-order chi connectivity index (χ1) is 14.6. The quantitative estimate of drug-likeness (QED) is 0.439. The maximum atomic E-state index is 12.3. The van der Waals surface area contributed by atoms with E-state index in [4.69, 9.17) is 4.74 Å². The topological polar surface area (TPSA) is 84.7 Å². The number of aromatic nitrogens is 1. The summed E-state index contributed by atoms with van der Waals surface area (Å²) in [7, 11) is 1.55. The minimum Gasteiger partial charge on any atom is -0.495 e. The van der Waals surface area contributed by atoms with Gasteiger partial charge in [0.2, 0.25) is 5.91 Å². The molecule has 7 heteroatoms. The van der Waals surface area contributed by atoms with E-state index in [1.165, 1.54) is 0 Å². The Balaban J connectivity index is 1.48. The number of para-hydroxylation sites is 2. The number of carbonyl (C=O) groups excluding carboxylic acids is 2. The first-order valence-corrected chi connectivity index (χ1v) is 9.56. The summed E-state index contributed by atoms with van der Waals surface area (Å²) in [6.45, 7) is 1.77. The molecule has 0 saturated heterocycles. The van der Waals surface area contributed by atoms with E-state index >= 15 is 0 Å². The van der Waals surface area contributed by atoms with Crippen molar-refractivity contribution in [2.45, 2.75) is 19.8 Å². The van der Waals surface area contributed by atoms with Crippen LogP contribution >= 0.6 is 0 Å². The zero-order valence-corrected chi connectivity index (χ0v) is 17.0. The van der Waals surface area contributed by atoms with Gasteiger partial charge in [-0.1, -0.05) is 12.1 Å². The number of hydrogen-bond donors (Lipinski definition) is 2. The van der Waals surface area contributed by atoms with E-state index < -0.39 is 0 Å². The van der Waals surface area contributed by atoms with Gasteiger partial charge in [-0.25, -0.2) is 5.43 Å². The Morgan fingerprint density at radius 3 is 2.37 bits per heavy atom. The van der Waals surface area contributed by atoms with Crippen LogP contribution in [0.2, 0.25) is 0 Å². The van der Waals surface area contributed by atoms with Gasteiger partial charge < -0.3 is 14.6 Å². The van der Waals surface area contributed by atoms with Gasteiger partial charge in [-0.2, -0.15) is 5.10 Å². The molecule has 0 aliphatic carbocycles. The number of carbonyl (C=O) groups is 2. The van der Waals surface area contributed by atoms with Gasteiger partial charge in [0, 0.05) is 35.8 Å². The largest absolute Gasteiger partial charge is 0.495 e. The third kappa shape index (κ3) is 5.57. The van der Waals surface area contributed by atoms with E-state index in [-0.39, 0.29) is 18.2 Å². The molecule has 0 bridgehead atoms. The fraction of sp³-hybridized carbons (Fsp3) is 0.174. The summed E-state index contributed by atoms with van der Waals surface area (Å²) >= 11 is 0. The average molecular weight is 404 g/mol. The highest BCUT2D eigenvalue weighted by Gasteiger charge is 2.08. The van der Waals surface area contributed by atoms with Gasteiger partial charge in [0.25, 0.3) is 5.91 Å². The summed E-state index contributed by atoms with van der Waals surface area (Å²) in [4.78, 5) is 24.4. The van der Waals surface area contributed by atoms with Crippen molar-refractivity contribution in [1.29, 1.82) is 0 Å². The van der Waals surface area contributed by atoms with Crippen LogP contribution in [0.5, 0.6) is 5.75 Å². The normalized spacial score (nSPS) is 11.1. The molecular weight excluding hydrogens is 380 g/mol. The molecule has 7 nitrogen and oxygen atoms in total. The molecule has 1 aromatic heterocycles. The molecular formula is C23H24N4O3. The first kappa shape index (κ1) is 20.9. The zero-order chi connectivity index (χ0) is 21.3. The summed E-state index contributed by atoms with van der Waals surface area (Å²) in [5.41, 5.74) is 5.29. The molecule has 0 spiro atoms. The van der Waals surface area contributed by atoms with Crippen LogP contribution in [0.3, 0.4) is 0 Å². The standard InChI is InChI=1S/C23H24N4O3/c1-17(9-14-22(28)24-20-7-3-4-8-21(20)30-2)25-26-23(29)18-10-12-19(13-11-18)27-15-5-6-16-27/h3-8,10-13,15-16H,9,14H2,1-2H3,(H,24,28)(H,26,29)/b25-17+. The highest BCUT2D eigenvalue weighted by Crippen LogP contribution is 2.23. The third-order valence-electron chi connectivity index (χ3n) is 4.48. The maximum Gasteiger partial charge on any atom is 0.271 e. The van der Waals surface area contributed by atoms with Crippen molar-refractivity contribution in [3.8, 4) is 11.4 Å². The second kappa shape index (κ2) is 10.1. The highest BCUT2D eigenvalue weighted by molar-refractivity contribution is 5.97. The molecule has 0 aliphatic heterocycles. The summed E-state index contributed by atoms with van der Waals surface area (Å²) in [5, 5.41) is 6.91. The number of hydrazone groups is 1. The number of ether oxygens (including phenoxy) is 1. The average Bonchev–Trinajstić information content (AvgIpc) is 3.31. The van der Waals surface area contributed by atoms with Gasteiger partial charge in [0.1, 0.15) is 5.75 Å². The van der Waals surface area contributed by atoms with Crippen LogP contribution in [0.4, 0.5) is 5.69 Å². The van der Waals surface area contributed by atoms with Crippen molar-refractivity contribution in [3.05, 3.63) is 78.6 Å². The number of amides is 2. The lowest BCUT2D eigenvalue weighted by molar-refractivity contribution is -0.116. The summed E-state index contributed by atoms with van der Waals surface area (Å²) in [6.07, 6.45) is 4.54. The predicted molar refractivity (Wildman–Crippen MR) is 117 cm³/mol. The van der Waals surface area contributed by atoms with Crippen LogP contribution in [0, 0.1) is 0 Å². The van der Waals surface area contributed by atoms with Crippen molar-refractivity contribution in [3.63, 3.8) is 0 Å². The van der Waals surface area contributed by atoms with Gasteiger partial charge >= 0.3 is 0 Å². The number of nitrogens with one attached hydrogen (secondary N) is 2. The van der Waals surface area contributed by atoms with Gasteiger partial charge in [-0.05, 0) is 61.9 Å². The monoisotopic (exact) mass is 404 g/mol. The van der Waals surface area contributed by atoms with Gasteiger partial charge in [0.05, 0.1) is 12.8 Å². The number of methoxy groups -OCH3 is 1. The Morgan fingerprint density at radius 2 is 1.67 bits per heavy atom. The minimum atomic E-state index is -0.299. The molecule has 0 aliphatic rings. The fourth-order valence-electron chi connectivity index (χ4n) is 2.81. The van der Waals surface area contributed by atoms with Crippen molar-refractivity contribution < 1.29 is 14.3 Å². The Labute approximate surface area is 175 Å². The first-order valence-electron chi connectivity index (χ1n) is 9.56. The fourth-order valence-corrected chi connectivity index (χ4v) is 2.81. The molecule has 2 N–H and O–H groups in total. The lowest BCUT2D eigenvalue weighted by atomic mass is 10.2. The van der Waals surface area contributed by atoms with Crippen molar-refractivity contribution in [2.24, 2.45) is 5.10 Å². The molecule has 0 unspecified atom stereocenters. The molecule has 0 atom stereocenters. The molecule has 2 amide bonds. The second-order valence-electron chi connectivity index (χ2n) is 6.67. The van der Waals surface area contributed by atoms with Crippen LogP contribution in [0.25, 0.3) is 5.69 Å². The van der Waals surface area contributed by atoms with E-state index in [9.17, 15) is 9.59 Å². The van der Waals surface area contributed by atoms with E-state index in [2.05, 4.69) is 15.8 Å². The number of benzene rings is 2. The third-order valence-corrected chi connectivity index (χ3v) is 4.48. The zero-order valence-electron chi connectivity index (χ0n) is 17.0. The molecule has 0 radical (unpaired) electrons. The van der Waals surface area contributed by atoms with Crippen molar-refractivity contribution in [2.75, 3.05) is 12.4 Å². The molecule has 0 fully saturated rings. The number of nitrogens with zero attached hydrogens (tertiary/aromatic N) is 2. The maximum absolute atomic E-state index is 12.3. The Morgan fingerprint density at radius 1 is 0.967 bits per heavy atom. The van der Waals surface area contributed by atoms with Crippen molar-refractivity contribution in [1.82, 2.24) is 9.99 Å². The predicted octanol–water partition coefficient (Wildman–Crippen LogP) is 4.01.